The third-order valence-electron chi connectivity index (χ3n) is 4.72. The minimum atomic E-state index is -1.06. The molecule has 0 spiro atoms. The molecule has 0 aliphatic carbocycles. The van der Waals surface area contributed by atoms with Crippen LogP contribution in [0.4, 0.5) is 0 Å². The Labute approximate surface area is 155 Å². The summed E-state index contributed by atoms with van der Waals surface area (Å²) >= 11 is 1.49. The fourth-order valence-corrected chi connectivity index (χ4v) is 4.61. The summed E-state index contributed by atoms with van der Waals surface area (Å²) in [5.74, 6) is -1.06. The molecule has 3 N–H and O–H groups in total. The Bertz CT molecular complexity index is 839. The van der Waals surface area contributed by atoms with Gasteiger partial charge in [0.2, 0.25) is 0 Å². The maximum atomic E-state index is 12.5. The van der Waals surface area contributed by atoms with Crippen LogP contribution in [-0.4, -0.2) is 44.9 Å². The van der Waals surface area contributed by atoms with E-state index in [1.807, 2.05) is 6.92 Å². The van der Waals surface area contributed by atoms with Crippen LogP contribution < -0.4 is 10.9 Å². The van der Waals surface area contributed by atoms with Crippen molar-refractivity contribution in [3.05, 3.63) is 49.8 Å². The predicted molar refractivity (Wildman–Crippen MR) is 99.1 cm³/mol. The fraction of sp³-hybridized carbons (Fsp3) is 0.500. The topological polar surface area (TPSA) is 104 Å². The van der Waals surface area contributed by atoms with Gasteiger partial charge in [0.25, 0.3) is 5.56 Å². The van der Waals surface area contributed by atoms with Crippen LogP contribution in [0.25, 0.3) is 0 Å². The number of aromatic nitrogens is 2. The van der Waals surface area contributed by atoms with Gasteiger partial charge in [0.1, 0.15) is 11.0 Å². The normalized spacial score (nSPS) is 18.6. The van der Waals surface area contributed by atoms with E-state index in [9.17, 15) is 19.8 Å². The molecular formula is C18H23N3O4S. The van der Waals surface area contributed by atoms with Gasteiger partial charge in [-0.15, -0.1) is 11.3 Å². The quantitative estimate of drug-likeness (QED) is 0.706. The number of carboxylic acids is 1. The molecular weight excluding hydrogens is 354 g/mol. The molecule has 2 atom stereocenters. The summed E-state index contributed by atoms with van der Waals surface area (Å²) in [5, 5.41) is 22.8. The van der Waals surface area contributed by atoms with Crippen LogP contribution in [0.5, 0.6) is 0 Å². The Morgan fingerprint density at radius 3 is 2.92 bits per heavy atom. The van der Waals surface area contributed by atoms with Crippen molar-refractivity contribution in [2.75, 3.05) is 13.2 Å². The molecule has 0 aromatic carbocycles. The SMILES string of the molecule is Cc1nc([C@@H]([C@@H]2CCCCN2)n2cc(C(=O)O)ccc2=O)sc1CCO. The summed E-state index contributed by atoms with van der Waals surface area (Å²) in [4.78, 5) is 29.6. The highest BCUT2D eigenvalue weighted by atomic mass is 32.1. The second-order valence-electron chi connectivity index (χ2n) is 6.50. The van der Waals surface area contributed by atoms with Crippen molar-refractivity contribution in [3.8, 4) is 0 Å². The molecule has 1 aliphatic rings. The summed E-state index contributed by atoms with van der Waals surface area (Å²) in [5.41, 5.74) is 0.681. The van der Waals surface area contributed by atoms with E-state index in [-0.39, 0.29) is 29.8 Å². The molecule has 3 heterocycles. The number of carbonyl (C=O) groups is 1. The van der Waals surface area contributed by atoms with Crippen LogP contribution in [0.1, 0.15) is 51.2 Å². The number of hydrogen-bond donors (Lipinski definition) is 3. The van der Waals surface area contributed by atoms with E-state index in [1.54, 1.807) is 0 Å². The maximum Gasteiger partial charge on any atom is 0.337 e. The van der Waals surface area contributed by atoms with Gasteiger partial charge in [-0.05, 0) is 32.4 Å². The number of nitrogens with zero attached hydrogens (tertiary/aromatic N) is 2. The van der Waals surface area contributed by atoms with Gasteiger partial charge in [0.15, 0.2) is 0 Å². The second kappa shape index (κ2) is 8.11. The van der Waals surface area contributed by atoms with Crippen LogP contribution in [0.3, 0.4) is 0 Å². The number of pyridine rings is 1. The Balaban J connectivity index is 2.09. The zero-order valence-electron chi connectivity index (χ0n) is 14.6. The van der Waals surface area contributed by atoms with Crippen molar-refractivity contribution in [2.45, 2.75) is 44.7 Å². The second-order valence-corrected chi connectivity index (χ2v) is 7.62. The number of aliphatic hydroxyl groups excluding tert-OH is 1. The van der Waals surface area contributed by atoms with Crippen LogP contribution in [0, 0.1) is 6.92 Å². The average molecular weight is 377 g/mol. The maximum absolute atomic E-state index is 12.5. The number of piperidine rings is 1. The molecule has 8 heteroatoms. The number of nitrogens with one attached hydrogen (secondary N) is 1. The summed E-state index contributed by atoms with van der Waals surface area (Å²) < 4.78 is 1.49. The molecule has 1 saturated heterocycles. The molecule has 1 aliphatic heterocycles. The van der Waals surface area contributed by atoms with E-state index in [4.69, 9.17) is 0 Å². The highest BCUT2D eigenvalue weighted by Crippen LogP contribution is 2.31. The van der Waals surface area contributed by atoms with Crippen molar-refractivity contribution < 1.29 is 15.0 Å². The van der Waals surface area contributed by atoms with E-state index in [2.05, 4.69) is 10.3 Å². The molecule has 0 bridgehead atoms. The molecule has 0 radical (unpaired) electrons. The number of thiazole rings is 1. The monoisotopic (exact) mass is 377 g/mol. The summed E-state index contributed by atoms with van der Waals surface area (Å²) in [7, 11) is 0. The number of hydrogen-bond acceptors (Lipinski definition) is 6. The first-order chi connectivity index (χ1) is 12.5. The van der Waals surface area contributed by atoms with Crippen LogP contribution in [0.15, 0.2) is 23.1 Å². The first-order valence-corrected chi connectivity index (χ1v) is 9.59. The lowest BCUT2D eigenvalue weighted by molar-refractivity contribution is 0.0695. The fourth-order valence-electron chi connectivity index (χ4n) is 3.39. The smallest absolute Gasteiger partial charge is 0.337 e. The van der Waals surface area contributed by atoms with Gasteiger partial charge in [0, 0.05) is 36.2 Å². The highest BCUT2D eigenvalue weighted by molar-refractivity contribution is 7.11. The molecule has 2 aromatic heterocycles. The Kier molecular flexibility index (Phi) is 5.85. The Morgan fingerprint density at radius 1 is 1.46 bits per heavy atom. The molecule has 3 rings (SSSR count). The molecule has 0 amide bonds. The van der Waals surface area contributed by atoms with E-state index in [1.165, 1.54) is 34.2 Å². The van der Waals surface area contributed by atoms with E-state index < -0.39 is 5.97 Å². The number of carboxylic acid groups (broad SMARTS) is 1. The third-order valence-corrected chi connectivity index (χ3v) is 6.00. The molecule has 0 saturated carbocycles. The van der Waals surface area contributed by atoms with Gasteiger partial charge in [-0.25, -0.2) is 9.78 Å². The zero-order valence-corrected chi connectivity index (χ0v) is 15.5. The van der Waals surface area contributed by atoms with Gasteiger partial charge in [0.05, 0.1) is 11.3 Å². The lowest BCUT2D eigenvalue weighted by Crippen LogP contribution is -2.44. The largest absolute Gasteiger partial charge is 0.478 e. The summed E-state index contributed by atoms with van der Waals surface area (Å²) in [6, 6.07) is 2.28. The minimum Gasteiger partial charge on any atom is -0.478 e. The number of aryl methyl sites for hydroxylation is 1. The lowest BCUT2D eigenvalue weighted by atomic mass is 9.97. The molecule has 26 heavy (non-hydrogen) atoms. The van der Waals surface area contributed by atoms with Crippen molar-refractivity contribution in [3.63, 3.8) is 0 Å². The number of aromatic carboxylic acids is 1. The number of aliphatic hydroxyl groups is 1. The van der Waals surface area contributed by atoms with Crippen LogP contribution in [-0.2, 0) is 6.42 Å². The zero-order chi connectivity index (χ0) is 18.7. The highest BCUT2D eigenvalue weighted by Gasteiger charge is 2.30. The predicted octanol–water partition coefficient (Wildman–Crippen LogP) is 1.58. The summed E-state index contributed by atoms with van der Waals surface area (Å²) in [6.07, 6.45) is 4.96. The Hall–Kier alpha value is -2.03. The van der Waals surface area contributed by atoms with Gasteiger partial charge in [-0.2, -0.15) is 0 Å². The van der Waals surface area contributed by atoms with Gasteiger partial charge >= 0.3 is 5.97 Å². The average Bonchev–Trinajstić information content (AvgIpc) is 2.98. The molecule has 1 fully saturated rings. The molecule has 2 aromatic rings. The van der Waals surface area contributed by atoms with Crippen molar-refractivity contribution in [1.82, 2.24) is 14.9 Å². The minimum absolute atomic E-state index is 0.0121. The first-order valence-electron chi connectivity index (χ1n) is 8.77. The van der Waals surface area contributed by atoms with Crippen LogP contribution >= 0.6 is 11.3 Å². The lowest BCUT2D eigenvalue weighted by Gasteiger charge is -2.31. The first kappa shape index (κ1) is 18.8. The number of rotatable bonds is 6. The van der Waals surface area contributed by atoms with Gasteiger partial charge in [-0.3, -0.25) is 4.79 Å². The van der Waals surface area contributed by atoms with Crippen LogP contribution in [0.2, 0.25) is 0 Å². The van der Waals surface area contributed by atoms with E-state index in [0.717, 1.165) is 41.4 Å². The van der Waals surface area contributed by atoms with Crippen molar-refractivity contribution in [1.29, 1.82) is 0 Å². The van der Waals surface area contributed by atoms with Gasteiger partial charge < -0.3 is 20.1 Å². The van der Waals surface area contributed by atoms with Crippen molar-refractivity contribution in [2.24, 2.45) is 0 Å². The van der Waals surface area contributed by atoms with Gasteiger partial charge in [-0.1, -0.05) is 6.42 Å². The standard InChI is InChI=1S/C18H23N3O4S/c1-11-14(7-9-22)26-17(20-11)16(13-4-2-3-8-19-13)21-10-12(18(24)25)5-6-15(21)23/h5-6,10,13,16,19,22H,2-4,7-9H2,1H3,(H,24,25)/t13-,16+/m0/s1. The molecule has 7 nitrogen and oxygen atoms in total. The third kappa shape index (κ3) is 3.87. The molecule has 140 valence electrons. The van der Waals surface area contributed by atoms with E-state index in [0.29, 0.717) is 6.42 Å². The Morgan fingerprint density at radius 2 is 2.27 bits per heavy atom. The van der Waals surface area contributed by atoms with E-state index >= 15 is 0 Å². The molecule has 0 unspecified atom stereocenters. The summed E-state index contributed by atoms with van der Waals surface area (Å²) in [6.45, 7) is 2.80. The van der Waals surface area contributed by atoms with Crippen molar-refractivity contribution >= 4 is 17.3 Å².